The van der Waals surface area contributed by atoms with E-state index in [1.807, 2.05) is 25.2 Å². The topological polar surface area (TPSA) is 75.0 Å². The van der Waals surface area contributed by atoms with E-state index in [-0.39, 0.29) is 23.7 Å². The highest BCUT2D eigenvalue weighted by molar-refractivity contribution is 5.93. The number of hydrogen-bond donors (Lipinski definition) is 0. The predicted molar refractivity (Wildman–Crippen MR) is 113 cm³/mol. The third kappa shape index (κ3) is 6.52. The zero-order valence-electron chi connectivity index (χ0n) is 17.2. The van der Waals surface area contributed by atoms with Crippen molar-refractivity contribution >= 4 is 16.9 Å². The lowest BCUT2D eigenvalue weighted by Crippen LogP contribution is -2.13. The Balaban J connectivity index is 2.41. The van der Waals surface area contributed by atoms with Crippen LogP contribution < -0.4 is 19.8 Å². The summed E-state index contributed by atoms with van der Waals surface area (Å²) in [4.78, 5) is 24.2. The summed E-state index contributed by atoms with van der Waals surface area (Å²) in [5.41, 5.74) is -0.428. The first-order valence-electron chi connectivity index (χ1n) is 9.92. The van der Waals surface area contributed by atoms with E-state index in [0.717, 1.165) is 19.3 Å². The summed E-state index contributed by atoms with van der Waals surface area (Å²) in [5, 5.41) is 0.404. The molecule has 0 radical (unpaired) electrons. The minimum atomic E-state index is -0.698. The molecule has 0 saturated heterocycles. The Labute approximate surface area is 170 Å². The van der Waals surface area contributed by atoms with Crippen LogP contribution in [0.25, 0.3) is 11.0 Å². The molecule has 1 aromatic heterocycles. The highest BCUT2D eigenvalue weighted by Crippen LogP contribution is 2.39. The van der Waals surface area contributed by atoms with Crippen LogP contribution >= 0.6 is 0 Å². The molecule has 0 amide bonds. The number of hydrogen-bond acceptors (Lipinski definition) is 6. The Bertz CT molecular complexity index is 923. The van der Waals surface area contributed by atoms with Crippen LogP contribution in [0.2, 0.25) is 0 Å². The van der Waals surface area contributed by atoms with Crippen LogP contribution in [0.1, 0.15) is 46.5 Å². The number of esters is 1. The van der Waals surface area contributed by atoms with E-state index in [1.54, 1.807) is 18.2 Å². The molecule has 6 nitrogen and oxygen atoms in total. The maximum Gasteiger partial charge on any atom is 0.383 e. The summed E-state index contributed by atoms with van der Waals surface area (Å²) in [6.07, 6.45) is 11.3. The van der Waals surface area contributed by atoms with Gasteiger partial charge in [0.25, 0.3) is 0 Å². The molecule has 1 heterocycles. The van der Waals surface area contributed by atoms with E-state index in [2.05, 4.69) is 13.0 Å². The second kappa shape index (κ2) is 11.7. The monoisotopic (exact) mass is 400 g/mol. The Morgan fingerprint density at radius 1 is 0.966 bits per heavy atom. The van der Waals surface area contributed by atoms with Crippen molar-refractivity contribution in [1.82, 2.24) is 0 Å². The molecule has 0 aliphatic heterocycles. The number of allylic oxidation sites excluding steroid dienone is 2. The first-order valence-corrected chi connectivity index (χ1v) is 9.92. The van der Waals surface area contributed by atoms with E-state index in [4.69, 9.17) is 18.6 Å². The van der Waals surface area contributed by atoms with Crippen molar-refractivity contribution in [2.45, 2.75) is 46.5 Å². The van der Waals surface area contributed by atoms with Gasteiger partial charge in [0.05, 0.1) is 13.2 Å². The van der Waals surface area contributed by atoms with E-state index >= 15 is 0 Å². The molecule has 0 atom stereocenters. The number of benzene rings is 1. The lowest BCUT2D eigenvalue weighted by molar-refractivity contribution is -0.131. The second-order valence-electron chi connectivity index (χ2n) is 6.30. The van der Waals surface area contributed by atoms with Crippen LogP contribution in [0.3, 0.4) is 0 Å². The molecule has 0 N–H and O–H groups in total. The highest BCUT2D eigenvalue weighted by atomic mass is 16.6. The summed E-state index contributed by atoms with van der Waals surface area (Å²) in [6.45, 7) is 6.06. The Morgan fingerprint density at radius 3 is 2.24 bits per heavy atom. The van der Waals surface area contributed by atoms with Gasteiger partial charge in [-0.3, -0.25) is 4.79 Å². The van der Waals surface area contributed by atoms with Gasteiger partial charge in [0.1, 0.15) is 16.7 Å². The minimum Gasteiger partial charge on any atom is -0.492 e. The predicted octanol–water partition coefficient (Wildman–Crippen LogP) is 5.19. The van der Waals surface area contributed by atoms with Gasteiger partial charge in [0, 0.05) is 6.92 Å². The number of ether oxygens (including phenoxy) is 3. The molecule has 1 aromatic carbocycles. The molecule has 0 fully saturated rings. The first-order chi connectivity index (χ1) is 14.1. The highest BCUT2D eigenvalue weighted by Gasteiger charge is 2.22. The van der Waals surface area contributed by atoms with Crippen LogP contribution in [-0.2, 0) is 4.79 Å². The number of fused-ring (bicyclic) bond motifs is 1. The first kappa shape index (κ1) is 22.3. The van der Waals surface area contributed by atoms with Gasteiger partial charge in [0.2, 0.25) is 5.75 Å². The summed E-state index contributed by atoms with van der Waals surface area (Å²) < 4.78 is 22.3. The number of carbonyl (C=O) groups is 1. The number of rotatable bonds is 11. The van der Waals surface area contributed by atoms with Crippen molar-refractivity contribution in [2.24, 2.45) is 0 Å². The van der Waals surface area contributed by atoms with Gasteiger partial charge in [-0.2, -0.15) is 0 Å². The Morgan fingerprint density at radius 2 is 1.62 bits per heavy atom. The largest absolute Gasteiger partial charge is 0.492 e. The zero-order chi connectivity index (χ0) is 21.1. The third-order valence-corrected chi connectivity index (χ3v) is 3.93. The maximum atomic E-state index is 12.4. The molecule has 0 unspecified atom stereocenters. The quantitative estimate of drug-likeness (QED) is 0.224. The zero-order valence-corrected chi connectivity index (χ0v) is 17.2. The van der Waals surface area contributed by atoms with Crippen molar-refractivity contribution in [3.63, 3.8) is 0 Å². The van der Waals surface area contributed by atoms with Gasteiger partial charge in [-0.05, 0) is 37.8 Å². The van der Waals surface area contributed by atoms with Crippen LogP contribution in [0.15, 0.2) is 51.7 Å². The lowest BCUT2D eigenvalue weighted by Gasteiger charge is -2.14. The van der Waals surface area contributed by atoms with Gasteiger partial charge in [0.15, 0.2) is 5.75 Å². The second-order valence-corrected chi connectivity index (χ2v) is 6.30. The van der Waals surface area contributed by atoms with E-state index in [0.29, 0.717) is 24.2 Å². The van der Waals surface area contributed by atoms with Gasteiger partial charge < -0.3 is 18.6 Å². The fourth-order valence-electron chi connectivity index (χ4n) is 2.69. The van der Waals surface area contributed by atoms with Crippen molar-refractivity contribution in [3.05, 3.63) is 52.9 Å². The van der Waals surface area contributed by atoms with E-state index in [1.165, 1.54) is 6.92 Å². The average Bonchev–Trinajstić information content (AvgIpc) is 2.69. The van der Waals surface area contributed by atoms with Crippen LogP contribution in [0.5, 0.6) is 17.2 Å². The molecule has 0 bridgehead atoms. The SMILES string of the molecule is CCC=CCCOc1c(OC(C)=O)c2c(OCCC=CCC)cccc2oc1=O. The summed E-state index contributed by atoms with van der Waals surface area (Å²) in [5.74, 6) is -0.195. The third-order valence-electron chi connectivity index (χ3n) is 3.93. The van der Waals surface area contributed by atoms with Crippen molar-refractivity contribution < 1.29 is 23.4 Å². The summed E-state index contributed by atoms with van der Waals surface area (Å²) >= 11 is 0. The molecular formula is C23H28O6. The van der Waals surface area contributed by atoms with Gasteiger partial charge >= 0.3 is 11.6 Å². The molecule has 6 heteroatoms. The van der Waals surface area contributed by atoms with Crippen molar-refractivity contribution in [2.75, 3.05) is 13.2 Å². The Kier molecular flexibility index (Phi) is 9.02. The lowest BCUT2D eigenvalue weighted by atomic mass is 10.2. The van der Waals surface area contributed by atoms with Crippen molar-refractivity contribution in [1.29, 1.82) is 0 Å². The molecule has 2 rings (SSSR count). The molecule has 29 heavy (non-hydrogen) atoms. The van der Waals surface area contributed by atoms with Gasteiger partial charge in [-0.1, -0.05) is 44.2 Å². The number of carbonyl (C=O) groups excluding carboxylic acids is 1. The normalized spacial score (nSPS) is 11.4. The summed E-state index contributed by atoms with van der Waals surface area (Å²) in [6, 6.07) is 5.09. The van der Waals surface area contributed by atoms with Gasteiger partial charge in [-0.15, -0.1) is 0 Å². The molecule has 156 valence electrons. The Hall–Kier alpha value is -3.02. The fourth-order valence-corrected chi connectivity index (χ4v) is 2.69. The fraction of sp³-hybridized carbons (Fsp3) is 0.391. The van der Waals surface area contributed by atoms with Crippen LogP contribution in [-0.4, -0.2) is 19.2 Å². The summed E-state index contributed by atoms with van der Waals surface area (Å²) in [7, 11) is 0. The van der Waals surface area contributed by atoms with Crippen LogP contribution in [0.4, 0.5) is 0 Å². The molecule has 0 aliphatic rings. The van der Waals surface area contributed by atoms with Gasteiger partial charge in [-0.25, -0.2) is 4.79 Å². The molecule has 0 spiro atoms. The minimum absolute atomic E-state index is 0.0305. The standard InChI is InChI=1S/C23H28O6/c1-4-6-8-10-15-26-18-13-12-14-19-20(18)21(28-17(3)24)22(23(25)29-19)27-16-11-9-7-5-2/h6-9,12-14H,4-5,10-11,15-16H2,1-3H3. The average molecular weight is 400 g/mol. The van der Waals surface area contributed by atoms with E-state index in [9.17, 15) is 9.59 Å². The smallest absolute Gasteiger partial charge is 0.383 e. The molecular weight excluding hydrogens is 372 g/mol. The van der Waals surface area contributed by atoms with Crippen molar-refractivity contribution in [3.8, 4) is 17.2 Å². The van der Waals surface area contributed by atoms with Crippen LogP contribution in [0, 0.1) is 0 Å². The maximum absolute atomic E-state index is 12.4. The molecule has 2 aromatic rings. The molecule has 0 saturated carbocycles. The molecule has 0 aliphatic carbocycles. The van der Waals surface area contributed by atoms with E-state index < -0.39 is 11.6 Å².